The fourth-order valence-electron chi connectivity index (χ4n) is 2.42. The van der Waals surface area contributed by atoms with Gasteiger partial charge < -0.3 is 0 Å². The molecule has 0 fully saturated rings. The second-order valence-electron chi connectivity index (χ2n) is 4.93. The van der Waals surface area contributed by atoms with Gasteiger partial charge in [0.2, 0.25) is 5.28 Å². The van der Waals surface area contributed by atoms with Crippen LogP contribution in [0.4, 0.5) is 0 Å². The highest BCUT2D eigenvalue weighted by Crippen LogP contribution is 2.29. The Morgan fingerprint density at radius 2 is 1.74 bits per heavy atom. The molecule has 3 heteroatoms. The normalized spacial score (nSPS) is 10.7. The van der Waals surface area contributed by atoms with Gasteiger partial charge in [0.1, 0.15) is 0 Å². The van der Waals surface area contributed by atoms with Crippen LogP contribution >= 0.6 is 11.6 Å². The molecule has 23 heavy (non-hydrogen) atoms. The van der Waals surface area contributed by atoms with Crippen molar-refractivity contribution in [2.24, 2.45) is 0 Å². The molecular weight excluding hydrogens is 304 g/mol. The van der Waals surface area contributed by atoms with E-state index in [1.807, 2.05) is 51.1 Å². The topological polar surface area (TPSA) is 25.8 Å². The molecule has 2 aromatic carbocycles. The first kappa shape index (κ1) is 17.2. The lowest BCUT2D eigenvalue weighted by Crippen LogP contribution is -1.92. The number of para-hydroxylation sites is 1. The van der Waals surface area contributed by atoms with E-state index in [4.69, 9.17) is 11.6 Å². The molecular formula is C20H21ClN2. The molecule has 2 nitrogen and oxygen atoms in total. The summed E-state index contributed by atoms with van der Waals surface area (Å²) >= 11 is 6.07. The first-order valence-corrected chi connectivity index (χ1v) is 8.23. The lowest BCUT2D eigenvalue weighted by atomic mass is 10.0. The van der Waals surface area contributed by atoms with Gasteiger partial charge in [0.15, 0.2) is 0 Å². The third kappa shape index (κ3) is 3.77. The Labute approximate surface area is 142 Å². The second kappa shape index (κ2) is 7.89. The molecule has 3 rings (SSSR count). The summed E-state index contributed by atoms with van der Waals surface area (Å²) in [5.74, 6) is 0. The predicted octanol–water partition coefficient (Wildman–Crippen LogP) is 6.32. The zero-order chi connectivity index (χ0) is 16.8. The van der Waals surface area contributed by atoms with Crippen LogP contribution in [0.5, 0.6) is 0 Å². The predicted molar refractivity (Wildman–Crippen MR) is 101 cm³/mol. The first-order chi connectivity index (χ1) is 11.2. The molecule has 0 amide bonds. The third-order valence-corrected chi connectivity index (χ3v) is 3.64. The largest absolute Gasteiger partial charge is 0.223 e. The lowest BCUT2D eigenvalue weighted by molar-refractivity contribution is 1.22. The summed E-state index contributed by atoms with van der Waals surface area (Å²) in [6, 6.07) is 14.2. The van der Waals surface area contributed by atoms with Crippen molar-refractivity contribution in [3.8, 4) is 11.3 Å². The molecule has 0 aliphatic carbocycles. The van der Waals surface area contributed by atoms with Gasteiger partial charge >= 0.3 is 0 Å². The van der Waals surface area contributed by atoms with Gasteiger partial charge in [-0.2, -0.15) is 0 Å². The van der Waals surface area contributed by atoms with Crippen LogP contribution in [0.3, 0.4) is 0 Å². The van der Waals surface area contributed by atoms with Crippen LogP contribution in [0.1, 0.15) is 31.9 Å². The minimum absolute atomic E-state index is 0.275. The molecule has 0 spiro atoms. The summed E-state index contributed by atoms with van der Waals surface area (Å²) in [7, 11) is 0. The van der Waals surface area contributed by atoms with Gasteiger partial charge in [0.25, 0.3) is 0 Å². The summed E-state index contributed by atoms with van der Waals surface area (Å²) in [5, 5.41) is 1.29. The summed E-state index contributed by atoms with van der Waals surface area (Å²) in [5.41, 5.74) is 5.21. The Morgan fingerprint density at radius 3 is 2.48 bits per heavy atom. The van der Waals surface area contributed by atoms with Crippen molar-refractivity contribution < 1.29 is 0 Å². The molecule has 0 unspecified atom stereocenters. The smallest absolute Gasteiger partial charge is 0.218 e. The highest BCUT2D eigenvalue weighted by atomic mass is 35.5. The number of aryl methyl sites for hydroxylation is 1. The average molecular weight is 325 g/mol. The molecule has 0 radical (unpaired) electrons. The monoisotopic (exact) mass is 324 g/mol. The van der Waals surface area contributed by atoms with Crippen molar-refractivity contribution in [1.29, 1.82) is 0 Å². The quantitative estimate of drug-likeness (QED) is 0.515. The molecule has 0 N–H and O–H groups in total. The highest BCUT2D eigenvalue weighted by molar-refractivity contribution is 6.28. The number of nitrogens with zero attached hydrogens (tertiary/aromatic N) is 2. The zero-order valence-corrected chi connectivity index (χ0v) is 14.7. The Morgan fingerprint density at radius 1 is 1.00 bits per heavy atom. The van der Waals surface area contributed by atoms with Crippen LogP contribution in [-0.2, 0) is 0 Å². The lowest BCUT2D eigenvalue weighted by Gasteiger charge is -2.08. The van der Waals surface area contributed by atoms with Gasteiger partial charge in [-0.05, 0) is 48.7 Å². The number of hydrogen-bond donors (Lipinski definition) is 0. The molecule has 118 valence electrons. The maximum atomic E-state index is 6.07. The SMILES string of the molecule is C/C=C\c1cc(-c2nc(Cl)nc3ccccc23)ccc1C.CC. The zero-order valence-electron chi connectivity index (χ0n) is 14.0. The van der Waals surface area contributed by atoms with Crippen molar-refractivity contribution in [2.45, 2.75) is 27.7 Å². The van der Waals surface area contributed by atoms with E-state index < -0.39 is 0 Å². The molecule has 0 atom stereocenters. The van der Waals surface area contributed by atoms with Crippen molar-refractivity contribution in [1.82, 2.24) is 9.97 Å². The molecule has 1 aromatic heterocycles. The van der Waals surface area contributed by atoms with Crippen molar-refractivity contribution in [3.63, 3.8) is 0 Å². The average Bonchev–Trinajstić information content (AvgIpc) is 2.58. The van der Waals surface area contributed by atoms with Crippen LogP contribution in [0.15, 0.2) is 48.5 Å². The number of hydrogen-bond acceptors (Lipinski definition) is 2. The molecule has 0 aliphatic rings. The second-order valence-corrected chi connectivity index (χ2v) is 5.27. The van der Waals surface area contributed by atoms with Gasteiger partial charge in [0, 0.05) is 10.9 Å². The fourth-order valence-corrected chi connectivity index (χ4v) is 2.59. The van der Waals surface area contributed by atoms with E-state index in [1.54, 1.807) is 0 Å². The van der Waals surface area contributed by atoms with Crippen LogP contribution < -0.4 is 0 Å². The first-order valence-electron chi connectivity index (χ1n) is 7.85. The summed E-state index contributed by atoms with van der Waals surface area (Å²) in [6.07, 6.45) is 4.14. The molecule has 0 saturated heterocycles. The number of rotatable bonds is 2. The number of aromatic nitrogens is 2. The molecule has 0 aliphatic heterocycles. The van der Waals surface area contributed by atoms with Crippen LogP contribution in [0.25, 0.3) is 28.2 Å². The van der Waals surface area contributed by atoms with Gasteiger partial charge in [-0.25, -0.2) is 9.97 Å². The number of allylic oxidation sites excluding steroid dienone is 1. The summed E-state index contributed by atoms with van der Waals surface area (Å²) in [4.78, 5) is 8.71. The van der Waals surface area contributed by atoms with Crippen molar-refractivity contribution in [3.05, 3.63) is 65.0 Å². The summed E-state index contributed by atoms with van der Waals surface area (Å²) < 4.78 is 0. The van der Waals surface area contributed by atoms with Gasteiger partial charge in [-0.15, -0.1) is 0 Å². The molecule has 1 heterocycles. The number of halogens is 1. The van der Waals surface area contributed by atoms with E-state index in [0.29, 0.717) is 0 Å². The minimum Gasteiger partial charge on any atom is -0.218 e. The fraction of sp³-hybridized carbons (Fsp3) is 0.200. The van der Waals surface area contributed by atoms with Crippen molar-refractivity contribution >= 4 is 28.6 Å². The van der Waals surface area contributed by atoms with Gasteiger partial charge in [-0.3, -0.25) is 0 Å². The van der Waals surface area contributed by atoms with Crippen LogP contribution in [0, 0.1) is 6.92 Å². The van der Waals surface area contributed by atoms with Crippen LogP contribution in [0.2, 0.25) is 5.28 Å². The van der Waals surface area contributed by atoms with Crippen LogP contribution in [-0.4, -0.2) is 9.97 Å². The molecule has 0 bridgehead atoms. The third-order valence-electron chi connectivity index (χ3n) is 3.47. The van der Waals surface area contributed by atoms with E-state index in [1.165, 1.54) is 11.1 Å². The Balaban J connectivity index is 0.000000924. The number of fused-ring (bicyclic) bond motifs is 1. The van der Waals surface area contributed by atoms with E-state index in [0.717, 1.165) is 22.2 Å². The maximum Gasteiger partial charge on any atom is 0.223 e. The van der Waals surface area contributed by atoms with E-state index >= 15 is 0 Å². The minimum atomic E-state index is 0.275. The van der Waals surface area contributed by atoms with Gasteiger partial charge in [0.05, 0.1) is 11.2 Å². The van der Waals surface area contributed by atoms with E-state index in [-0.39, 0.29) is 5.28 Å². The molecule has 0 saturated carbocycles. The standard InChI is InChI=1S/C18H15ClN2.C2H6/c1-3-6-13-11-14(10-9-12(13)2)17-15-7-4-5-8-16(15)20-18(19)21-17;1-2/h3-11H,1-2H3;1-2H3/b6-3-;. The van der Waals surface area contributed by atoms with Gasteiger partial charge in [-0.1, -0.05) is 56.3 Å². The number of benzene rings is 2. The Kier molecular flexibility index (Phi) is 5.89. The van der Waals surface area contributed by atoms with E-state index in [2.05, 4.69) is 41.2 Å². The highest BCUT2D eigenvalue weighted by Gasteiger charge is 2.09. The Bertz CT molecular complexity index is 838. The molecule has 3 aromatic rings. The van der Waals surface area contributed by atoms with Crippen molar-refractivity contribution in [2.75, 3.05) is 0 Å². The van der Waals surface area contributed by atoms with E-state index in [9.17, 15) is 0 Å². The summed E-state index contributed by atoms with van der Waals surface area (Å²) in [6.45, 7) is 8.12. The maximum absolute atomic E-state index is 6.07. The Hall–Kier alpha value is -2.19.